The summed E-state index contributed by atoms with van der Waals surface area (Å²) < 4.78 is 29.7. The molecule has 1 aromatic carbocycles. The number of aromatic nitrogens is 2. The number of thiophene rings is 1. The monoisotopic (exact) mass is 505 g/mol. The van der Waals surface area contributed by atoms with Crippen molar-refractivity contribution in [3.63, 3.8) is 0 Å². The molecular weight excluding hydrogens is 480 g/mol. The SMILES string of the molecule is CC(C)(O)CO/N=C/c1nccc(Nc2sc(-c3c(F)cc(C(C)(C)O)cc3F)cc2C(N)=O)n1. The van der Waals surface area contributed by atoms with Gasteiger partial charge in [-0.3, -0.25) is 4.79 Å². The van der Waals surface area contributed by atoms with Gasteiger partial charge in [0.15, 0.2) is 5.82 Å². The van der Waals surface area contributed by atoms with Crippen molar-refractivity contribution in [2.45, 2.75) is 38.9 Å². The highest BCUT2D eigenvalue weighted by molar-refractivity contribution is 7.20. The van der Waals surface area contributed by atoms with Gasteiger partial charge in [0.25, 0.3) is 5.91 Å². The maximum absolute atomic E-state index is 14.8. The quantitative estimate of drug-likeness (QED) is 0.257. The van der Waals surface area contributed by atoms with Gasteiger partial charge in [-0.15, -0.1) is 11.3 Å². The van der Waals surface area contributed by atoms with Crippen LogP contribution < -0.4 is 11.1 Å². The van der Waals surface area contributed by atoms with Gasteiger partial charge in [-0.1, -0.05) is 5.16 Å². The van der Waals surface area contributed by atoms with Gasteiger partial charge in [0, 0.05) is 11.1 Å². The number of hydrogen-bond acceptors (Lipinski definition) is 9. The minimum absolute atomic E-state index is 0.0118. The zero-order chi connectivity index (χ0) is 26.0. The molecule has 0 aliphatic carbocycles. The lowest BCUT2D eigenvalue weighted by atomic mass is 9.96. The largest absolute Gasteiger partial charge is 0.393 e. The van der Waals surface area contributed by atoms with E-state index in [4.69, 9.17) is 10.6 Å². The summed E-state index contributed by atoms with van der Waals surface area (Å²) in [7, 11) is 0. The number of rotatable bonds is 9. The first kappa shape index (κ1) is 26.1. The molecule has 0 bridgehead atoms. The summed E-state index contributed by atoms with van der Waals surface area (Å²) in [5.41, 5.74) is 2.72. The van der Waals surface area contributed by atoms with E-state index in [1.165, 1.54) is 38.4 Å². The van der Waals surface area contributed by atoms with E-state index in [0.29, 0.717) is 0 Å². The molecule has 2 aromatic heterocycles. The second-order valence-corrected chi connectivity index (χ2v) is 9.89. The fourth-order valence-electron chi connectivity index (χ4n) is 2.85. The number of nitrogens with one attached hydrogen (secondary N) is 1. The molecule has 0 aliphatic heterocycles. The number of nitrogens with zero attached hydrogens (tertiary/aromatic N) is 3. The summed E-state index contributed by atoms with van der Waals surface area (Å²) in [5, 5.41) is 26.5. The number of amides is 1. The van der Waals surface area contributed by atoms with Gasteiger partial charge in [-0.2, -0.15) is 0 Å². The highest BCUT2D eigenvalue weighted by Crippen LogP contribution is 2.40. The highest BCUT2D eigenvalue weighted by Gasteiger charge is 2.24. The first-order chi connectivity index (χ1) is 16.2. The van der Waals surface area contributed by atoms with Crippen LogP contribution in [0.3, 0.4) is 0 Å². The molecule has 35 heavy (non-hydrogen) atoms. The standard InChI is InChI=1S/C23H25F2N5O4S/c1-22(2,32)11-34-28-10-18-27-6-5-17(29-18)30-21-13(20(26)31)9-16(35-21)19-14(24)7-12(8-15(19)25)23(3,4)33/h5-10,32-33H,11H2,1-4H3,(H2,26,31)(H,27,29,30)/b28-10+. The first-order valence-electron chi connectivity index (χ1n) is 10.4. The van der Waals surface area contributed by atoms with E-state index in [0.717, 1.165) is 23.5 Å². The van der Waals surface area contributed by atoms with Gasteiger partial charge < -0.3 is 26.1 Å². The predicted octanol–water partition coefficient (Wildman–Crippen LogP) is 3.67. The average molecular weight is 506 g/mol. The number of anilines is 2. The van der Waals surface area contributed by atoms with Crippen LogP contribution in [0.15, 0.2) is 35.6 Å². The normalized spacial score (nSPS) is 12.2. The lowest BCUT2D eigenvalue weighted by molar-refractivity contribution is -0.0185. The van der Waals surface area contributed by atoms with Crippen molar-refractivity contribution < 1.29 is 28.6 Å². The van der Waals surface area contributed by atoms with Crippen molar-refractivity contribution in [2.75, 3.05) is 11.9 Å². The zero-order valence-electron chi connectivity index (χ0n) is 19.5. The molecule has 0 atom stereocenters. The van der Waals surface area contributed by atoms with E-state index in [1.54, 1.807) is 13.8 Å². The molecule has 3 rings (SSSR count). The maximum Gasteiger partial charge on any atom is 0.251 e. The molecule has 2 heterocycles. The molecule has 0 saturated carbocycles. The maximum atomic E-state index is 14.8. The van der Waals surface area contributed by atoms with Crippen LogP contribution in [0.4, 0.5) is 19.6 Å². The fourth-order valence-corrected chi connectivity index (χ4v) is 3.97. The van der Waals surface area contributed by atoms with Gasteiger partial charge in [0.2, 0.25) is 0 Å². The van der Waals surface area contributed by atoms with Gasteiger partial charge >= 0.3 is 0 Å². The van der Waals surface area contributed by atoms with Crippen molar-refractivity contribution in [1.82, 2.24) is 9.97 Å². The van der Waals surface area contributed by atoms with Crippen molar-refractivity contribution in [3.05, 3.63) is 59.0 Å². The molecule has 0 aliphatic rings. The van der Waals surface area contributed by atoms with E-state index in [2.05, 4.69) is 20.4 Å². The van der Waals surface area contributed by atoms with Gasteiger partial charge in [-0.05, 0) is 57.5 Å². The Kier molecular flexibility index (Phi) is 7.48. The third-order valence-corrected chi connectivity index (χ3v) is 5.64. The summed E-state index contributed by atoms with van der Waals surface area (Å²) >= 11 is 0.907. The molecule has 5 N–H and O–H groups in total. The Labute approximate surface area is 204 Å². The minimum atomic E-state index is -1.44. The Morgan fingerprint density at radius 3 is 2.46 bits per heavy atom. The molecule has 0 spiro atoms. The van der Waals surface area contributed by atoms with Crippen LogP contribution in [-0.2, 0) is 10.4 Å². The Morgan fingerprint density at radius 2 is 1.89 bits per heavy atom. The lowest BCUT2D eigenvalue weighted by Gasteiger charge is -2.18. The number of oxime groups is 1. The van der Waals surface area contributed by atoms with Gasteiger partial charge in [-0.25, -0.2) is 18.7 Å². The second kappa shape index (κ2) is 10.0. The van der Waals surface area contributed by atoms with E-state index < -0.39 is 28.7 Å². The number of primary amides is 1. The number of hydrogen-bond donors (Lipinski definition) is 4. The van der Waals surface area contributed by atoms with E-state index in [1.807, 2.05) is 0 Å². The van der Waals surface area contributed by atoms with Gasteiger partial charge in [0.05, 0.1) is 22.3 Å². The van der Waals surface area contributed by atoms with Crippen LogP contribution in [-0.4, -0.2) is 44.5 Å². The summed E-state index contributed by atoms with van der Waals surface area (Å²) in [4.78, 5) is 25.4. The Hall–Kier alpha value is -3.48. The number of carbonyl (C=O) groups excluding carboxylic acids is 1. The Morgan fingerprint density at radius 1 is 1.23 bits per heavy atom. The Balaban J connectivity index is 1.90. The topological polar surface area (TPSA) is 143 Å². The molecule has 9 nitrogen and oxygen atoms in total. The van der Waals surface area contributed by atoms with Crippen molar-refractivity contribution in [2.24, 2.45) is 10.9 Å². The summed E-state index contributed by atoms with van der Waals surface area (Å²) in [6.07, 6.45) is 2.67. The average Bonchev–Trinajstić information content (AvgIpc) is 3.13. The van der Waals surface area contributed by atoms with Crippen LogP contribution in [0.25, 0.3) is 10.4 Å². The minimum Gasteiger partial charge on any atom is -0.393 e. The molecule has 0 unspecified atom stereocenters. The van der Waals surface area contributed by atoms with E-state index in [9.17, 15) is 23.8 Å². The zero-order valence-corrected chi connectivity index (χ0v) is 20.3. The van der Waals surface area contributed by atoms with Crippen molar-refractivity contribution >= 4 is 34.3 Å². The number of carbonyl (C=O) groups is 1. The molecule has 1 amide bonds. The molecule has 0 radical (unpaired) electrons. The molecular formula is C23H25F2N5O4S. The molecule has 3 aromatic rings. The Bertz CT molecular complexity index is 1240. The summed E-state index contributed by atoms with van der Waals surface area (Å²) in [5.74, 6) is -2.16. The van der Waals surface area contributed by atoms with Gasteiger partial charge in [0.1, 0.15) is 35.3 Å². The summed E-state index contributed by atoms with van der Waals surface area (Å²) in [6, 6.07) is 4.89. The number of aliphatic hydroxyl groups is 2. The van der Waals surface area contributed by atoms with E-state index in [-0.39, 0.29) is 44.8 Å². The van der Waals surface area contributed by atoms with Crippen LogP contribution >= 0.6 is 11.3 Å². The molecule has 12 heteroatoms. The van der Waals surface area contributed by atoms with Crippen LogP contribution in [0.1, 0.15) is 49.4 Å². The smallest absolute Gasteiger partial charge is 0.251 e. The number of halogens is 2. The van der Waals surface area contributed by atoms with E-state index >= 15 is 0 Å². The molecule has 0 saturated heterocycles. The fraction of sp³-hybridized carbons (Fsp3) is 0.304. The second-order valence-electron chi connectivity index (χ2n) is 8.84. The summed E-state index contributed by atoms with van der Waals surface area (Å²) in [6.45, 7) is 5.92. The number of benzene rings is 1. The van der Waals surface area contributed by atoms with Crippen molar-refractivity contribution in [1.29, 1.82) is 0 Å². The third-order valence-electron chi connectivity index (χ3n) is 4.57. The first-order valence-corrected chi connectivity index (χ1v) is 11.2. The predicted molar refractivity (Wildman–Crippen MR) is 129 cm³/mol. The number of nitrogens with two attached hydrogens (primary N) is 1. The third kappa shape index (κ3) is 6.78. The molecule has 186 valence electrons. The van der Waals surface area contributed by atoms with Crippen molar-refractivity contribution in [3.8, 4) is 10.4 Å². The van der Waals surface area contributed by atoms with Crippen LogP contribution in [0.5, 0.6) is 0 Å². The highest BCUT2D eigenvalue weighted by atomic mass is 32.1. The molecule has 0 fully saturated rings. The van der Waals surface area contributed by atoms with Crippen LogP contribution in [0.2, 0.25) is 0 Å². The van der Waals surface area contributed by atoms with Crippen LogP contribution in [0, 0.1) is 11.6 Å². The lowest BCUT2D eigenvalue weighted by Crippen LogP contribution is -2.24.